The van der Waals surface area contributed by atoms with E-state index < -0.39 is 84.2 Å². The van der Waals surface area contributed by atoms with Crippen LogP contribution in [0.4, 0.5) is 4.39 Å². The monoisotopic (exact) mass is 808 g/mol. The van der Waals surface area contributed by atoms with E-state index in [1.165, 1.54) is 32.5 Å². The molecular formula is C38H65FN10O8. The Kier molecular flexibility index (Phi) is 19.1. The number of nitrogens with one attached hydrogen (secondary N) is 7. The van der Waals surface area contributed by atoms with Gasteiger partial charge >= 0.3 is 0 Å². The first-order valence-electron chi connectivity index (χ1n) is 20.0. The number of hydrogen-bond acceptors (Lipinski definition) is 12. The maximum atomic E-state index is 16.8. The summed E-state index contributed by atoms with van der Waals surface area (Å²) < 4.78 is 16.8. The van der Waals surface area contributed by atoms with Crippen molar-refractivity contribution in [3.05, 3.63) is 11.4 Å². The molecule has 322 valence electrons. The van der Waals surface area contributed by atoms with Gasteiger partial charge < -0.3 is 36.5 Å². The van der Waals surface area contributed by atoms with E-state index in [9.17, 15) is 38.7 Å². The third kappa shape index (κ3) is 14.4. The highest BCUT2D eigenvalue weighted by atomic mass is 19.1. The molecule has 1 aliphatic carbocycles. The zero-order chi connectivity index (χ0) is 43.2. The van der Waals surface area contributed by atoms with Crippen LogP contribution in [0, 0.1) is 17.8 Å². The van der Waals surface area contributed by atoms with Gasteiger partial charge in [0.25, 0.3) is 0 Å². The van der Waals surface area contributed by atoms with Crippen molar-refractivity contribution in [1.82, 2.24) is 47.0 Å². The van der Waals surface area contributed by atoms with Crippen LogP contribution in [-0.4, -0.2) is 111 Å². The molecule has 1 heterocycles. The first-order valence-corrected chi connectivity index (χ1v) is 20.0. The van der Waals surface area contributed by atoms with Gasteiger partial charge in [-0.15, -0.1) is 5.10 Å². The first kappa shape index (κ1) is 48.6. The summed E-state index contributed by atoms with van der Waals surface area (Å²) in [7, 11) is 0. The zero-order valence-electron chi connectivity index (χ0n) is 35.0. The minimum atomic E-state index is -2.29. The van der Waals surface area contributed by atoms with Gasteiger partial charge in [0.2, 0.25) is 35.3 Å². The number of aliphatic hydroxyl groups excluding tert-OH is 1. The lowest BCUT2D eigenvalue weighted by Gasteiger charge is -2.30. The van der Waals surface area contributed by atoms with E-state index in [0.717, 1.165) is 0 Å². The Bertz CT molecular complexity index is 1550. The molecule has 0 fully saturated rings. The number of rotatable bonds is 22. The Morgan fingerprint density at radius 1 is 0.842 bits per heavy atom. The van der Waals surface area contributed by atoms with Gasteiger partial charge in [-0.05, 0) is 76.3 Å². The van der Waals surface area contributed by atoms with Crippen LogP contribution in [0.3, 0.4) is 0 Å². The third-order valence-corrected chi connectivity index (χ3v) is 10.0. The van der Waals surface area contributed by atoms with Crippen LogP contribution in [0.15, 0.2) is 0 Å². The number of aldehydes is 1. The Hall–Kier alpha value is -4.52. The molecule has 5 amide bonds. The van der Waals surface area contributed by atoms with Crippen molar-refractivity contribution in [2.75, 3.05) is 12.0 Å². The van der Waals surface area contributed by atoms with Gasteiger partial charge in [-0.1, -0.05) is 54.4 Å². The van der Waals surface area contributed by atoms with Crippen molar-refractivity contribution in [3.63, 3.8) is 0 Å². The van der Waals surface area contributed by atoms with Gasteiger partial charge in [-0.25, -0.2) is 4.39 Å². The molecule has 0 aliphatic heterocycles. The molecule has 2 rings (SSSR count). The number of amides is 5. The number of nitrogens with zero attached hydrogens (tertiary/aromatic N) is 3. The molecule has 1 aliphatic rings. The summed E-state index contributed by atoms with van der Waals surface area (Å²) in [6, 6.07) is -6.09. The Morgan fingerprint density at radius 2 is 1.47 bits per heavy atom. The van der Waals surface area contributed by atoms with Crippen LogP contribution in [0.1, 0.15) is 119 Å². The molecule has 0 radical (unpaired) electrons. The summed E-state index contributed by atoms with van der Waals surface area (Å²) in [4.78, 5) is 90.3. The number of halogens is 1. The summed E-state index contributed by atoms with van der Waals surface area (Å²) in [5.74, 6) is -6.47. The van der Waals surface area contributed by atoms with Gasteiger partial charge in [0.1, 0.15) is 36.1 Å². The number of alkyl halides is 1. The van der Waals surface area contributed by atoms with Gasteiger partial charge in [0.15, 0.2) is 5.78 Å². The van der Waals surface area contributed by atoms with Gasteiger partial charge in [0, 0.05) is 6.42 Å². The van der Waals surface area contributed by atoms with E-state index in [-0.39, 0.29) is 42.1 Å². The van der Waals surface area contributed by atoms with Crippen LogP contribution in [0.5, 0.6) is 0 Å². The fraction of sp³-hybridized carbons (Fsp3) is 0.763. The van der Waals surface area contributed by atoms with Gasteiger partial charge in [-0.2, -0.15) is 4.79 Å². The molecule has 1 aromatic heterocycles. The van der Waals surface area contributed by atoms with E-state index in [0.29, 0.717) is 44.1 Å². The fourth-order valence-corrected chi connectivity index (χ4v) is 6.44. The van der Waals surface area contributed by atoms with Crippen LogP contribution in [0.25, 0.3) is 0 Å². The first-order chi connectivity index (χ1) is 26.6. The predicted molar refractivity (Wildman–Crippen MR) is 209 cm³/mol. The Balaban J connectivity index is 2.32. The number of carbonyl (C=O) groups excluding carboxylic acids is 7. The molecule has 1 aromatic rings. The molecule has 8 N–H and O–H groups in total. The normalized spacial score (nSPS) is 19.8. The maximum absolute atomic E-state index is 16.8. The quantitative estimate of drug-likeness (QED) is 0.0586. The van der Waals surface area contributed by atoms with Crippen molar-refractivity contribution in [2.45, 2.75) is 162 Å². The van der Waals surface area contributed by atoms with Crippen LogP contribution in [0.2, 0.25) is 0 Å². The fourth-order valence-electron chi connectivity index (χ4n) is 6.44. The highest BCUT2D eigenvalue weighted by Gasteiger charge is 2.40. The van der Waals surface area contributed by atoms with E-state index in [1.54, 1.807) is 13.8 Å². The summed E-state index contributed by atoms with van der Waals surface area (Å²) in [6.45, 7) is 16.0. The Labute approximate surface area is 334 Å². The second-order valence-electron chi connectivity index (χ2n) is 16.0. The second-order valence-corrected chi connectivity index (χ2v) is 16.0. The standard InChI is InChI=1S/C38H65FN10O8/c1-11-22(6)31(36(56)43-27(17-20(2)3)35(55)45-32(26(10)52)37(57)44-30(21(4)5)25(9)51)47-49-28-15-13-12-14-16-38(39,33(28)46-48-49)40-18-29(53)42-24(8)34(54)41-23(7)19-50/h19-24,26-27,30-32,40,47,52H,11-18H2,1-10H3,(H,41,54)(H,42,53)(H,43,56)(H,44,57)(H,45,55)/t22-,23?,24?,26+,27-,30-,31-,32-,38?/m0/s1. The zero-order valence-corrected chi connectivity index (χ0v) is 35.0. The third-order valence-electron chi connectivity index (χ3n) is 10.0. The summed E-state index contributed by atoms with van der Waals surface area (Å²) in [5.41, 5.74) is 3.39. The van der Waals surface area contributed by atoms with Crippen LogP contribution >= 0.6 is 0 Å². The number of Topliss-reactive ketones (excluding diaryl/α,β-unsaturated/α-hetero) is 1. The topological polar surface area (TPSA) is 255 Å². The second kappa shape index (κ2) is 22.4. The average Bonchev–Trinajstić information content (AvgIpc) is 3.53. The van der Waals surface area contributed by atoms with E-state index in [2.05, 4.69) is 47.6 Å². The Morgan fingerprint density at radius 3 is 2.04 bits per heavy atom. The molecule has 0 saturated heterocycles. The molecule has 0 saturated carbocycles. The lowest BCUT2D eigenvalue weighted by Crippen LogP contribution is -2.60. The van der Waals surface area contributed by atoms with Crippen molar-refractivity contribution in [1.29, 1.82) is 0 Å². The van der Waals surface area contributed by atoms with Crippen LogP contribution < -0.4 is 37.3 Å². The predicted octanol–water partition coefficient (Wildman–Crippen LogP) is 0.399. The number of hydrogen-bond donors (Lipinski definition) is 8. The smallest absolute Gasteiger partial charge is 0.245 e. The molecule has 3 unspecified atom stereocenters. The lowest BCUT2D eigenvalue weighted by molar-refractivity contribution is -0.136. The summed E-state index contributed by atoms with van der Waals surface area (Å²) >= 11 is 0. The minimum Gasteiger partial charge on any atom is -0.391 e. The minimum absolute atomic E-state index is 0.0293. The highest BCUT2D eigenvalue weighted by Crippen LogP contribution is 2.33. The van der Waals surface area contributed by atoms with Crippen molar-refractivity contribution >= 4 is 41.6 Å². The molecule has 0 spiro atoms. The van der Waals surface area contributed by atoms with Crippen molar-refractivity contribution < 1.29 is 43.1 Å². The van der Waals surface area contributed by atoms with Crippen molar-refractivity contribution in [2.24, 2.45) is 17.8 Å². The molecule has 0 aromatic carbocycles. The molecule has 57 heavy (non-hydrogen) atoms. The number of aromatic nitrogens is 3. The number of carbonyl (C=O) groups is 7. The number of fused-ring (bicyclic) bond motifs is 1. The maximum Gasteiger partial charge on any atom is 0.245 e. The molecule has 19 heteroatoms. The van der Waals surface area contributed by atoms with Gasteiger partial charge in [0.05, 0.1) is 30.4 Å². The van der Waals surface area contributed by atoms with E-state index in [1.807, 2.05) is 27.7 Å². The number of aliphatic hydroxyl groups is 1. The SMILES string of the molecule is CC[C@H](C)[C@H](Nn1nnc2c1CCCCCC2(F)NCC(=O)NC(C)C(=O)NC(C)C=O)C(=O)N[C@@H](CC(C)C)C(=O)N[C@H](C(=O)N[C@H](C(C)=O)C(C)C)[C@@H](C)O. The van der Waals surface area contributed by atoms with Crippen LogP contribution in [-0.2, 0) is 45.8 Å². The highest BCUT2D eigenvalue weighted by molar-refractivity contribution is 5.95. The molecule has 9 atom stereocenters. The molecular weight excluding hydrogens is 743 g/mol. The average molecular weight is 809 g/mol. The molecule has 0 bridgehead atoms. The van der Waals surface area contributed by atoms with Gasteiger partial charge in [-0.3, -0.25) is 39.5 Å². The van der Waals surface area contributed by atoms with E-state index >= 15 is 4.39 Å². The molecule has 18 nitrogen and oxygen atoms in total. The van der Waals surface area contributed by atoms with E-state index in [4.69, 9.17) is 0 Å². The summed E-state index contributed by atoms with van der Waals surface area (Å²) in [6.07, 6.45) is 2.06. The number of ketones is 1. The largest absolute Gasteiger partial charge is 0.391 e. The lowest BCUT2D eigenvalue weighted by atomic mass is 9.95. The summed E-state index contributed by atoms with van der Waals surface area (Å²) in [5, 5.41) is 34.4. The van der Waals surface area contributed by atoms with Crippen molar-refractivity contribution in [3.8, 4) is 0 Å².